The molecule has 0 aliphatic rings. The molecule has 15 heavy (non-hydrogen) atoms. The highest BCUT2D eigenvalue weighted by atomic mass is 16.5. The van der Waals surface area contributed by atoms with Crippen molar-refractivity contribution in [1.29, 1.82) is 0 Å². The van der Waals surface area contributed by atoms with Crippen LogP contribution in [-0.2, 0) is 0 Å². The summed E-state index contributed by atoms with van der Waals surface area (Å²) in [6.07, 6.45) is 0. The monoisotopic (exact) mass is 205 g/mol. The van der Waals surface area contributed by atoms with Crippen LogP contribution in [0.25, 0.3) is 0 Å². The summed E-state index contributed by atoms with van der Waals surface area (Å²) in [5.74, 6) is 7.23. The van der Waals surface area contributed by atoms with Crippen LogP contribution >= 0.6 is 0 Å². The molecule has 1 aromatic rings. The summed E-state index contributed by atoms with van der Waals surface area (Å²) in [6.45, 7) is 1.83. The molecular weight excluding hydrogens is 190 g/mol. The van der Waals surface area contributed by atoms with Crippen LogP contribution < -0.4 is 15.2 Å². The van der Waals surface area contributed by atoms with Crippen LogP contribution in [0.3, 0.4) is 0 Å². The van der Waals surface area contributed by atoms with Gasteiger partial charge in [0.15, 0.2) is 0 Å². The first-order valence-corrected chi connectivity index (χ1v) is 4.67. The van der Waals surface area contributed by atoms with Gasteiger partial charge in [0.1, 0.15) is 17.1 Å². The summed E-state index contributed by atoms with van der Waals surface area (Å²) in [5.41, 5.74) is 6.30. The summed E-state index contributed by atoms with van der Waals surface area (Å²) < 4.78 is 10.4. The number of rotatable bonds is 2. The van der Waals surface area contributed by atoms with Gasteiger partial charge in [-0.1, -0.05) is 17.9 Å². The van der Waals surface area contributed by atoms with Crippen molar-refractivity contribution in [3.63, 3.8) is 0 Å². The maximum atomic E-state index is 5.57. The molecule has 3 nitrogen and oxygen atoms in total. The van der Waals surface area contributed by atoms with E-state index in [4.69, 9.17) is 15.2 Å². The molecule has 1 unspecified atom stereocenters. The van der Waals surface area contributed by atoms with Crippen LogP contribution in [0.1, 0.15) is 12.5 Å². The zero-order valence-electron chi connectivity index (χ0n) is 9.20. The number of hydrogen-bond donors (Lipinski definition) is 1. The number of nitrogens with two attached hydrogens (primary N) is 1. The highest BCUT2D eigenvalue weighted by Crippen LogP contribution is 2.26. The van der Waals surface area contributed by atoms with E-state index >= 15 is 0 Å². The van der Waals surface area contributed by atoms with Crippen LogP contribution in [0.5, 0.6) is 11.5 Å². The summed E-state index contributed by atoms with van der Waals surface area (Å²) >= 11 is 0. The SMILES string of the molecule is COc1cccc(OC)c1C#CC(C)N. The second kappa shape index (κ2) is 5.28. The molecule has 1 aromatic carbocycles. The maximum absolute atomic E-state index is 5.57. The summed E-state index contributed by atoms with van der Waals surface area (Å²) in [4.78, 5) is 0. The molecule has 0 radical (unpaired) electrons. The lowest BCUT2D eigenvalue weighted by atomic mass is 10.1. The van der Waals surface area contributed by atoms with Gasteiger partial charge in [-0.3, -0.25) is 0 Å². The second-order valence-corrected chi connectivity index (χ2v) is 3.10. The Morgan fingerprint density at radius 1 is 1.20 bits per heavy atom. The third-order valence-corrected chi connectivity index (χ3v) is 1.85. The lowest BCUT2D eigenvalue weighted by Crippen LogP contribution is -2.11. The van der Waals surface area contributed by atoms with Crippen molar-refractivity contribution in [2.75, 3.05) is 14.2 Å². The van der Waals surface area contributed by atoms with E-state index in [9.17, 15) is 0 Å². The Balaban J connectivity index is 3.18. The summed E-state index contributed by atoms with van der Waals surface area (Å²) in [7, 11) is 3.21. The van der Waals surface area contributed by atoms with Crippen molar-refractivity contribution in [1.82, 2.24) is 0 Å². The minimum Gasteiger partial charge on any atom is -0.495 e. The Morgan fingerprint density at radius 3 is 2.13 bits per heavy atom. The first kappa shape index (κ1) is 11.4. The lowest BCUT2D eigenvalue weighted by Gasteiger charge is -2.07. The molecule has 0 saturated heterocycles. The minimum atomic E-state index is -0.167. The molecule has 0 amide bonds. The molecule has 0 aliphatic carbocycles. The van der Waals surface area contributed by atoms with Crippen molar-refractivity contribution < 1.29 is 9.47 Å². The smallest absolute Gasteiger partial charge is 0.138 e. The third kappa shape index (κ3) is 2.90. The van der Waals surface area contributed by atoms with E-state index in [-0.39, 0.29) is 6.04 Å². The number of benzene rings is 1. The zero-order chi connectivity index (χ0) is 11.3. The van der Waals surface area contributed by atoms with Gasteiger partial charge in [0, 0.05) is 0 Å². The molecule has 0 fully saturated rings. The fourth-order valence-electron chi connectivity index (χ4n) is 1.16. The van der Waals surface area contributed by atoms with Gasteiger partial charge in [0.25, 0.3) is 0 Å². The molecule has 0 saturated carbocycles. The first-order chi connectivity index (χ1) is 7.19. The molecule has 0 aromatic heterocycles. The Labute approximate surface area is 90.2 Å². The Kier molecular flexibility index (Phi) is 4.02. The van der Waals surface area contributed by atoms with Gasteiger partial charge in [-0.25, -0.2) is 0 Å². The molecule has 2 N–H and O–H groups in total. The Morgan fingerprint density at radius 2 is 1.73 bits per heavy atom. The zero-order valence-corrected chi connectivity index (χ0v) is 9.20. The third-order valence-electron chi connectivity index (χ3n) is 1.85. The van der Waals surface area contributed by atoms with Gasteiger partial charge in [0.2, 0.25) is 0 Å². The standard InChI is InChI=1S/C12H15NO2/c1-9(13)7-8-10-11(14-2)5-4-6-12(10)15-3/h4-6,9H,13H2,1-3H3. The Bertz CT molecular complexity index is 366. The second-order valence-electron chi connectivity index (χ2n) is 3.10. The number of hydrogen-bond acceptors (Lipinski definition) is 3. The fraction of sp³-hybridized carbons (Fsp3) is 0.333. The van der Waals surface area contributed by atoms with Gasteiger partial charge in [0.05, 0.1) is 20.3 Å². The summed E-state index contributed by atoms with van der Waals surface area (Å²) in [6, 6.07) is 5.37. The molecule has 0 bridgehead atoms. The molecule has 0 heterocycles. The van der Waals surface area contributed by atoms with Crippen LogP contribution in [0.4, 0.5) is 0 Å². The van der Waals surface area contributed by atoms with E-state index in [2.05, 4.69) is 11.8 Å². The average Bonchev–Trinajstić information content (AvgIpc) is 2.25. The topological polar surface area (TPSA) is 44.5 Å². The van der Waals surface area contributed by atoms with Gasteiger partial charge >= 0.3 is 0 Å². The highest BCUT2D eigenvalue weighted by Gasteiger charge is 2.06. The van der Waals surface area contributed by atoms with Crippen molar-refractivity contribution in [2.24, 2.45) is 5.73 Å². The molecular formula is C12H15NO2. The van der Waals surface area contributed by atoms with Crippen molar-refractivity contribution in [2.45, 2.75) is 13.0 Å². The Hall–Kier alpha value is -1.66. The van der Waals surface area contributed by atoms with Crippen LogP contribution in [0.15, 0.2) is 18.2 Å². The average molecular weight is 205 g/mol. The van der Waals surface area contributed by atoms with Crippen molar-refractivity contribution >= 4 is 0 Å². The van der Waals surface area contributed by atoms with E-state index in [0.29, 0.717) is 11.5 Å². The van der Waals surface area contributed by atoms with Crippen LogP contribution in [-0.4, -0.2) is 20.3 Å². The molecule has 1 rings (SSSR count). The molecule has 0 spiro atoms. The number of ether oxygens (including phenoxy) is 2. The lowest BCUT2D eigenvalue weighted by molar-refractivity contribution is 0.392. The quantitative estimate of drug-likeness (QED) is 0.742. The first-order valence-electron chi connectivity index (χ1n) is 4.67. The minimum absolute atomic E-state index is 0.167. The van der Waals surface area contributed by atoms with Gasteiger partial charge in [-0.05, 0) is 19.1 Å². The molecule has 0 aliphatic heterocycles. The van der Waals surface area contributed by atoms with Crippen molar-refractivity contribution in [3.05, 3.63) is 23.8 Å². The molecule has 1 atom stereocenters. The van der Waals surface area contributed by atoms with E-state index in [1.807, 2.05) is 25.1 Å². The van der Waals surface area contributed by atoms with Crippen LogP contribution in [0, 0.1) is 11.8 Å². The van der Waals surface area contributed by atoms with Crippen molar-refractivity contribution in [3.8, 4) is 23.3 Å². The predicted octanol–water partition coefficient (Wildman–Crippen LogP) is 1.40. The normalized spacial score (nSPS) is 11.2. The highest BCUT2D eigenvalue weighted by molar-refractivity contribution is 5.55. The largest absolute Gasteiger partial charge is 0.495 e. The summed E-state index contributed by atoms with van der Waals surface area (Å²) in [5, 5.41) is 0. The van der Waals surface area contributed by atoms with Gasteiger partial charge in [-0.15, -0.1) is 0 Å². The molecule has 80 valence electrons. The van der Waals surface area contributed by atoms with Gasteiger partial charge < -0.3 is 15.2 Å². The van der Waals surface area contributed by atoms with E-state index < -0.39 is 0 Å². The van der Waals surface area contributed by atoms with Crippen LogP contribution in [0.2, 0.25) is 0 Å². The predicted molar refractivity (Wildman–Crippen MR) is 60.1 cm³/mol. The van der Waals surface area contributed by atoms with E-state index in [1.54, 1.807) is 14.2 Å². The van der Waals surface area contributed by atoms with E-state index in [0.717, 1.165) is 5.56 Å². The molecule has 3 heteroatoms. The fourth-order valence-corrected chi connectivity index (χ4v) is 1.16. The maximum Gasteiger partial charge on any atom is 0.138 e. The van der Waals surface area contributed by atoms with Gasteiger partial charge in [-0.2, -0.15) is 0 Å². The van der Waals surface area contributed by atoms with E-state index in [1.165, 1.54) is 0 Å². The number of methoxy groups -OCH3 is 2.